The molecule has 0 unspecified atom stereocenters. The zero-order chi connectivity index (χ0) is 17.6. The predicted molar refractivity (Wildman–Crippen MR) is 101 cm³/mol. The first kappa shape index (κ1) is 17.3. The van der Waals surface area contributed by atoms with Gasteiger partial charge >= 0.3 is 0 Å². The van der Waals surface area contributed by atoms with Gasteiger partial charge in [-0.2, -0.15) is 0 Å². The van der Waals surface area contributed by atoms with Crippen LogP contribution in [-0.4, -0.2) is 0 Å². The fraction of sp³-hybridized carbons (Fsp3) is 0.143. The summed E-state index contributed by atoms with van der Waals surface area (Å²) >= 11 is 6.13. The van der Waals surface area contributed by atoms with Crippen molar-refractivity contribution in [3.8, 4) is 5.75 Å². The summed E-state index contributed by atoms with van der Waals surface area (Å²) in [6.45, 7) is 2.94. The minimum absolute atomic E-state index is 0.265. The van der Waals surface area contributed by atoms with E-state index in [0.29, 0.717) is 18.2 Å². The molecule has 0 aliphatic rings. The van der Waals surface area contributed by atoms with Gasteiger partial charge in [0.1, 0.15) is 18.2 Å². The topological polar surface area (TPSA) is 21.3 Å². The first-order valence-electron chi connectivity index (χ1n) is 8.06. The van der Waals surface area contributed by atoms with Gasteiger partial charge in [-0.15, -0.1) is 0 Å². The molecule has 0 bridgehead atoms. The molecule has 0 saturated heterocycles. The van der Waals surface area contributed by atoms with E-state index in [1.807, 2.05) is 30.3 Å². The summed E-state index contributed by atoms with van der Waals surface area (Å²) < 4.78 is 19.2. The highest BCUT2D eigenvalue weighted by molar-refractivity contribution is 6.30. The Balaban J connectivity index is 1.71. The predicted octanol–water partition coefficient (Wildman–Crippen LogP) is 5.98. The van der Waals surface area contributed by atoms with Gasteiger partial charge in [0.05, 0.1) is 0 Å². The van der Waals surface area contributed by atoms with Crippen LogP contribution in [0.2, 0.25) is 5.02 Å². The second-order valence-electron chi connectivity index (χ2n) is 5.89. The van der Waals surface area contributed by atoms with Gasteiger partial charge in [-0.1, -0.05) is 35.9 Å². The van der Waals surface area contributed by atoms with Crippen LogP contribution < -0.4 is 10.1 Å². The van der Waals surface area contributed by atoms with E-state index in [9.17, 15) is 4.39 Å². The lowest BCUT2D eigenvalue weighted by Gasteiger charge is -2.14. The molecular formula is C21H19ClFNO. The normalized spacial score (nSPS) is 10.5. The molecular weight excluding hydrogens is 337 g/mol. The summed E-state index contributed by atoms with van der Waals surface area (Å²) in [6, 6.07) is 20.1. The number of aryl methyl sites for hydroxylation is 1. The summed E-state index contributed by atoms with van der Waals surface area (Å²) in [6.07, 6.45) is 0. The van der Waals surface area contributed by atoms with Crippen LogP contribution in [0.5, 0.6) is 5.75 Å². The lowest BCUT2D eigenvalue weighted by Crippen LogP contribution is -2.04. The third-order valence-electron chi connectivity index (χ3n) is 3.81. The molecule has 0 aliphatic heterocycles. The van der Waals surface area contributed by atoms with E-state index in [2.05, 4.69) is 24.4 Å². The smallest absolute Gasteiger partial charge is 0.124 e. The maximum absolute atomic E-state index is 13.3. The second kappa shape index (κ2) is 8.04. The molecule has 1 N–H and O–H groups in total. The van der Waals surface area contributed by atoms with E-state index in [1.54, 1.807) is 12.1 Å². The number of anilines is 1. The van der Waals surface area contributed by atoms with Crippen molar-refractivity contribution in [2.24, 2.45) is 0 Å². The molecule has 0 aromatic heterocycles. The molecule has 0 atom stereocenters. The zero-order valence-electron chi connectivity index (χ0n) is 13.9. The van der Waals surface area contributed by atoms with Crippen molar-refractivity contribution < 1.29 is 9.13 Å². The Morgan fingerprint density at radius 3 is 2.64 bits per heavy atom. The SMILES string of the molecule is Cc1cccc(NCc2cc(Cl)ccc2OCc2cccc(F)c2)c1. The Morgan fingerprint density at radius 1 is 1.00 bits per heavy atom. The van der Waals surface area contributed by atoms with Crippen LogP contribution in [0.1, 0.15) is 16.7 Å². The van der Waals surface area contributed by atoms with Crippen LogP contribution in [0, 0.1) is 12.7 Å². The van der Waals surface area contributed by atoms with Gasteiger partial charge in [-0.25, -0.2) is 4.39 Å². The quantitative estimate of drug-likeness (QED) is 0.587. The first-order valence-corrected chi connectivity index (χ1v) is 8.44. The third kappa shape index (κ3) is 4.97. The molecule has 3 aromatic carbocycles. The van der Waals surface area contributed by atoms with Crippen molar-refractivity contribution in [1.29, 1.82) is 0 Å². The maximum Gasteiger partial charge on any atom is 0.124 e. The minimum atomic E-state index is -0.265. The first-order chi connectivity index (χ1) is 12.1. The summed E-state index contributed by atoms with van der Waals surface area (Å²) in [5.41, 5.74) is 3.97. The van der Waals surface area contributed by atoms with Gasteiger partial charge in [0.25, 0.3) is 0 Å². The van der Waals surface area contributed by atoms with Crippen LogP contribution in [0.15, 0.2) is 66.7 Å². The second-order valence-corrected chi connectivity index (χ2v) is 6.33. The van der Waals surface area contributed by atoms with Crippen molar-refractivity contribution >= 4 is 17.3 Å². The number of hydrogen-bond acceptors (Lipinski definition) is 2. The highest BCUT2D eigenvalue weighted by Gasteiger charge is 2.06. The van der Waals surface area contributed by atoms with Gasteiger partial charge in [0.15, 0.2) is 0 Å². The zero-order valence-corrected chi connectivity index (χ0v) is 14.7. The summed E-state index contributed by atoms with van der Waals surface area (Å²) in [4.78, 5) is 0. The van der Waals surface area contributed by atoms with Crippen molar-refractivity contribution in [2.75, 3.05) is 5.32 Å². The lowest BCUT2D eigenvalue weighted by molar-refractivity contribution is 0.302. The Morgan fingerprint density at radius 2 is 1.84 bits per heavy atom. The van der Waals surface area contributed by atoms with E-state index >= 15 is 0 Å². The fourth-order valence-electron chi connectivity index (χ4n) is 2.57. The summed E-state index contributed by atoms with van der Waals surface area (Å²) in [7, 11) is 0. The van der Waals surface area contributed by atoms with Crippen LogP contribution in [0.3, 0.4) is 0 Å². The molecule has 0 heterocycles. The van der Waals surface area contributed by atoms with E-state index < -0.39 is 0 Å². The molecule has 0 amide bonds. The van der Waals surface area contributed by atoms with Gasteiger partial charge in [-0.05, 0) is 60.5 Å². The molecule has 2 nitrogen and oxygen atoms in total. The monoisotopic (exact) mass is 355 g/mol. The van der Waals surface area contributed by atoms with E-state index in [-0.39, 0.29) is 5.82 Å². The average molecular weight is 356 g/mol. The molecule has 3 aromatic rings. The number of rotatable bonds is 6. The number of hydrogen-bond donors (Lipinski definition) is 1. The van der Waals surface area contributed by atoms with Crippen LogP contribution in [-0.2, 0) is 13.2 Å². The van der Waals surface area contributed by atoms with Gasteiger partial charge in [0.2, 0.25) is 0 Å². The van der Waals surface area contributed by atoms with E-state index in [1.165, 1.54) is 17.7 Å². The van der Waals surface area contributed by atoms with Crippen molar-refractivity contribution in [2.45, 2.75) is 20.1 Å². The number of benzene rings is 3. The van der Waals surface area contributed by atoms with Gasteiger partial charge in [0, 0.05) is 22.8 Å². The van der Waals surface area contributed by atoms with E-state index in [4.69, 9.17) is 16.3 Å². The van der Waals surface area contributed by atoms with Crippen LogP contribution in [0.25, 0.3) is 0 Å². The largest absolute Gasteiger partial charge is 0.489 e. The maximum atomic E-state index is 13.3. The number of ether oxygens (including phenoxy) is 1. The fourth-order valence-corrected chi connectivity index (χ4v) is 2.76. The van der Waals surface area contributed by atoms with Crippen molar-refractivity contribution in [3.63, 3.8) is 0 Å². The molecule has 0 saturated carbocycles. The molecule has 0 aliphatic carbocycles. The molecule has 25 heavy (non-hydrogen) atoms. The van der Waals surface area contributed by atoms with Crippen molar-refractivity contribution in [1.82, 2.24) is 0 Å². The Bertz CT molecular complexity index is 866. The van der Waals surface area contributed by atoms with Crippen LogP contribution in [0.4, 0.5) is 10.1 Å². The average Bonchev–Trinajstić information content (AvgIpc) is 2.59. The van der Waals surface area contributed by atoms with Gasteiger partial charge in [-0.3, -0.25) is 0 Å². The Kier molecular flexibility index (Phi) is 5.56. The highest BCUT2D eigenvalue weighted by atomic mass is 35.5. The highest BCUT2D eigenvalue weighted by Crippen LogP contribution is 2.25. The molecule has 0 radical (unpaired) electrons. The summed E-state index contributed by atoms with van der Waals surface area (Å²) in [5, 5.41) is 4.03. The Labute approximate surface area is 152 Å². The standard InChI is InChI=1S/C21H19ClFNO/c1-15-4-2-7-20(10-15)24-13-17-12-18(22)8-9-21(17)25-14-16-5-3-6-19(23)11-16/h2-12,24H,13-14H2,1H3. The third-order valence-corrected chi connectivity index (χ3v) is 4.04. The molecule has 128 valence electrons. The lowest BCUT2D eigenvalue weighted by atomic mass is 10.1. The minimum Gasteiger partial charge on any atom is -0.489 e. The summed E-state index contributed by atoms with van der Waals surface area (Å²) in [5.74, 6) is 0.465. The van der Waals surface area contributed by atoms with Gasteiger partial charge < -0.3 is 10.1 Å². The van der Waals surface area contributed by atoms with E-state index in [0.717, 1.165) is 22.6 Å². The molecule has 0 fully saturated rings. The molecule has 0 spiro atoms. The van der Waals surface area contributed by atoms with Crippen molar-refractivity contribution in [3.05, 3.63) is 94.3 Å². The molecule has 3 rings (SSSR count). The molecule has 4 heteroatoms. The Hall–Kier alpha value is -2.52. The number of nitrogens with one attached hydrogen (secondary N) is 1. The van der Waals surface area contributed by atoms with Crippen LogP contribution >= 0.6 is 11.6 Å². The number of halogens is 2.